The van der Waals surface area contributed by atoms with Crippen molar-refractivity contribution in [3.8, 4) is 0 Å². The summed E-state index contributed by atoms with van der Waals surface area (Å²) in [5.41, 5.74) is -0.196. The highest BCUT2D eigenvalue weighted by Gasteiger charge is 2.43. The van der Waals surface area contributed by atoms with E-state index < -0.39 is 5.54 Å². The minimum Gasteiger partial charge on any atom is -0.394 e. The molecule has 0 saturated heterocycles. The van der Waals surface area contributed by atoms with Gasteiger partial charge in [0.15, 0.2) is 5.69 Å². The molecule has 1 aromatic rings. The predicted molar refractivity (Wildman–Crippen MR) is 70.6 cm³/mol. The van der Waals surface area contributed by atoms with Crippen molar-refractivity contribution in [1.82, 2.24) is 10.5 Å². The van der Waals surface area contributed by atoms with E-state index in [2.05, 4.69) is 35.8 Å². The molecule has 19 heavy (non-hydrogen) atoms. The molecule has 5 heteroatoms. The van der Waals surface area contributed by atoms with E-state index in [9.17, 15) is 9.90 Å². The molecule has 0 bridgehead atoms. The Hall–Kier alpha value is -1.36. The number of nitrogens with one attached hydrogen (secondary N) is 1. The molecule has 5 nitrogen and oxygen atoms in total. The summed E-state index contributed by atoms with van der Waals surface area (Å²) >= 11 is 0. The molecule has 1 saturated carbocycles. The number of carbonyl (C=O) groups excluding carboxylic acids is 1. The Kier molecular flexibility index (Phi) is 3.67. The molecule has 1 aliphatic rings. The first-order chi connectivity index (χ1) is 8.86. The molecule has 2 rings (SSSR count). The topological polar surface area (TPSA) is 75.4 Å². The van der Waals surface area contributed by atoms with Crippen molar-refractivity contribution in [3.05, 3.63) is 18.0 Å². The second-order valence-electron chi connectivity index (χ2n) is 6.63. The molecule has 0 radical (unpaired) electrons. The van der Waals surface area contributed by atoms with Crippen LogP contribution in [0.2, 0.25) is 0 Å². The van der Waals surface area contributed by atoms with Crippen molar-refractivity contribution >= 4 is 5.91 Å². The summed E-state index contributed by atoms with van der Waals surface area (Å²) in [7, 11) is 0. The van der Waals surface area contributed by atoms with Gasteiger partial charge in [-0.1, -0.05) is 25.9 Å². The maximum Gasteiger partial charge on any atom is 0.273 e. The van der Waals surface area contributed by atoms with Crippen molar-refractivity contribution in [3.63, 3.8) is 0 Å². The van der Waals surface area contributed by atoms with Crippen molar-refractivity contribution in [2.45, 2.75) is 45.6 Å². The third-order valence-corrected chi connectivity index (χ3v) is 3.81. The molecule has 2 atom stereocenters. The molecule has 1 aliphatic carbocycles. The van der Waals surface area contributed by atoms with Gasteiger partial charge in [0, 0.05) is 6.07 Å². The molecule has 0 spiro atoms. The fourth-order valence-corrected chi connectivity index (χ4v) is 3.63. The number of hydrogen-bond donors (Lipinski definition) is 2. The average Bonchev–Trinajstić information content (AvgIpc) is 2.79. The van der Waals surface area contributed by atoms with Gasteiger partial charge < -0.3 is 14.9 Å². The van der Waals surface area contributed by atoms with Crippen molar-refractivity contribution < 1.29 is 14.4 Å². The van der Waals surface area contributed by atoms with E-state index in [1.807, 2.05) is 0 Å². The third kappa shape index (κ3) is 3.15. The fourth-order valence-electron chi connectivity index (χ4n) is 3.63. The number of aliphatic hydroxyl groups excluding tert-OH is 1. The van der Waals surface area contributed by atoms with Crippen LogP contribution in [0, 0.1) is 11.3 Å². The van der Waals surface area contributed by atoms with Crippen LogP contribution in [-0.2, 0) is 0 Å². The highest BCUT2D eigenvalue weighted by molar-refractivity contribution is 5.92. The lowest BCUT2D eigenvalue weighted by Gasteiger charge is -2.47. The Morgan fingerprint density at radius 2 is 2.32 bits per heavy atom. The summed E-state index contributed by atoms with van der Waals surface area (Å²) in [5, 5.41) is 16.4. The number of rotatable bonds is 3. The maximum absolute atomic E-state index is 12.1. The Balaban J connectivity index is 2.16. The summed E-state index contributed by atoms with van der Waals surface area (Å²) in [5.74, 6) is 0.182. The lowest BCUT2D eigenvalue weighted by atomic mass is 9.64. The van der Waals surface area contributed by atoms with Gasteiger partial charge in [-0.05, 0) is 30.6 Å². The summed E-state index contributed by atoms with van der Waals surface area (Å²) in [6.45, 7) is 6.46. The van der Waals surface area contributed by atoms with Crippen LogP contribution in [0.3, 0.4) is 0 Å². The number of aliphatic hydroxyl groups is 1. The van der Waals surface area contributed by atoms with E-state index in [0.717, 1.165) is 19.3 Å². The fraction of sp³-hybridized carbons (Fsp3) is 0.714. The van der Waals surface area contributed by atoms with Gasteiger partial charge in [-0.25, -0.2) is 0 Å². The zero-order valence-corrected chi connectivity index (χ0v) is 11.8. The highest BCUT2D eigenvalue weighted by atomic mass is 16.5. The molecule has 1 heterocycles. The summed E-state index contributed by atoms with van der Waals surface area (Å²) < 4.78 is 4.68. The monoisotopic (exact) mass is 266 g/mol. The van der Waals surface area contributed by atoms with Gasteiger partial charge in [-0.2, -0.15) is 0 Å². The van der Waals surface area contributed by atoms with Gasteiger partial charge in [0.2, 0.25) is 0 Å². The largest absolute Gasteiger partial charge is 0.394 e. The van der Waals surface area contributed by atoms with E-state index in [-0.39, 0.29) is 23.6 Å². The van der Waals surface area contributed by atoms with E-state index in [1.165, 1.54) is 12.3 Å². The van der Waals surface area contributed by atoms with Crippen LogP contribution in [0.25, 0.3) is 0 Å². The van der Waals surface area contributed by atoms with Crippen LogP contribution in [0.4, 0.5) is 0 Å². The second-order valence-corrected chi connectivity index (χ2v) is 6.63. The quantitative estimate of drug-likeness (QED) is 0.877. The third-order valence-electron chi connectivity index (χ3n) is 3.81. The lowest BCUT2D eigenvalue weighted by Crippen LogP contribution is -2.57. The molecular formula is C14H22N2O3. The van der Waals surface area contributed by atoms with Gasteiger partial charge >= 0.3 is 0 Å². The van der Waals surface area contributed by atoms with Gasteiger partial charge in [-0.3, -0.25) is 4.79 Å². The second kappa shape index (κ2) is 4.96. The van der Waals surface area contributed by atoms with E-state index in [4.69, 9.17) is 0 Å². The van der Waals surface area contributed by atoms with Crippen LogP contribution in [0.15, 0.2) is 16.9 Å². The Morgan fingerprint density at radius 1 is 1.58 bits per heavy atom. The number of carbonyl (C=O) groups is 1. The molecule has 0 aliphatic heterocycles. The number of nitrogens with zero attached hydrogens (tertiary/aromatic N) is 1. The smallest absolute Gasteiger partial charge is 0.273 e. The minimum absolute atomic E-state index is 0.0512. The molecule has 106 valence electrons. The van der Waals surface area contributed by atoms with Crippen molar-refractivity contribution in [1.29, 1.82) is 0 Å². The number of aromatic nitrogens is 1. The molecule has 1 fully saturated rings. The van der Waals surface area contributed by atoms with Gasteiger partial charge in [0.25, 0.3) is 5.91 Å². The van der Waals surface area contributed by atoms with Crippen molar-refractivity contribution in [2.75, 3.05) is 6.61 Å². The lowest BCUT2D eigenvalue weighted by molar-refractivity contribution is 0.0331. The Bertz CT molecular complexity index is 442. The average molecular weight is 266 g/mol. The van der Waals surface area contributed by atoms with Gasteiger partial charge in [0.1, 0.15) is 6.26 Å². The van der Waals surface area contributed by atoms with Gasteiger partial charge in [0.05, 0.1) is 12.1 Å². The van der Waals surface area contributed by atoms with E-state index >= 15 is 0 Å². The van der Waals surface area contributed by atoms with Crippen LogP contribution in [0.1, 0.15) is 50.5 Å². The van der Waals surface area contributed by atoms with Crippen LogP contribution in [0.5, 0.6) is 0 Å². The number of hydrogen-bond acceptors (Lipinski definition) is 4. The summed E-state index contributed by atoms with van der Waals surface area (Å²) in [6, 6.07) is 1.53. The first-order valence-corrected chi connectivity index (χ1v) is 6.70. The predicted octanol–water partition coefficient (Wildman–Crippen LogP) is 1.98. The molecule has 0 unspecified atom stereocenters. The summed E-state index contributed by atoms with van der Waals surface area (Å²) in [6.07, 6.45) is 4.03. The Labute approximate surface area is 113 Å². The van der Waals surface area contributed by atoms with E-state index in [0.29, 0.717) is 5.92 Å². The zero-order valence-electron chi connectivity index (χ0n) is 11.8. The molecule has 2 N–H and O–H groups in total. The van der Waals surface area contributed by atoms with E-state index in [1.54, 1.807) is 0 Å². The van der Waals surface area contributed by atoms with Gasteiger partial charge in [-0.15, -0.1) is 0 Å². The molecule has 1 amide bonds. The highest BCUT2D eigenvalue weighted by Crippen LogP contribution is 2.43. The summed E-state index contributed by atoms with van der Waals surface area (Å²) in [4.78, 5) is 12.1. The van der Waals surface area contributed by atoms with Crippen LogP contribution in [-0.4, -0.2) is 28.3 Å². The first-order valence-electron chi connectivity index (χ1n) is 6.70. The zero-order chi connectivity index (χ0) is 14.1. The molecule has 0 aromatic carbocycles. The normalized spacial score (nSPS) is 30.0. The molecule has 1 aromatic heterocycles. The first kappa shape index (κ1) is 14.1. The molecular weight excluding hydrogens is 244 g/mol. The minimum atomic E-state index is -0.558. The van der Waals surface area contributed by atoms with Crippen LogP contribution < -0.4 is 5.32 Å². The standard InChI is InChI=1S/C14H22N2O3/c1-10-6-13(2,3)8-14(7-10,9-17)15-12(18)11-4-5-19-16-11/h4-5,10,17H,6-9H2,1-3H3,(H,15,18)/t10-,14-/m1/s1. The van der Waals surface area contributed by atoms with Crippen molar-refractivity contribution in [2.24, 2.45) is 11.3 Å². The SMILES string of the molecule is C[C@@H]1CC(C)(C)C[C@](CO)(NC(=O)c2ccon2)C1. The Morgan fingerprint density at radius 3 is 2.84 bits per heavy atom. The maximum atomic E-state index is 12.1. The number of amides is 1. The van der Waals surface area contributed by atoms with Crippen LogP contribution >= 0.6 is 0 Å².